The topological polar surface area (TPSA) is 55.8 Å². The summed E-state index contributed by atoms with van der Waals surface area (Å²) in [5.41, 5.74) is 1.08. The fraction of sp³-hybridized carbons (Fsp3) is 0.250. The maximum absolute atomic E-state index is 10.7. The van der Waals surface area contributed by atoms with E-state index >= 15 is 0 Å². The number of aliphatic carboxylic acids is 1. The summed E-state index contributed by atoms with van der Waals surface area (Å²) in [5.74, 6) is 0.449. The quantitative estimate of drug-likeness (QED) is 0.774. The Labute approximate surface area is 93.1 Å². The van der Waals surface area contributed by atoms with Crippen LogP contribution in [0.25, 0.3) is 6.08 Å². The van der Waals surface area contributed by atoms with Crippen LogP contribution >= 0.6 is 0 Å². The number of hydrogen-bond donors (Lipinski definition) is 1. The minimum absolute atomic E-state index is 0.289. The van der Waals surface area contributed by atoms with E-state index in [4.69, 9.17) is 14.6 Å². The molecule has 0 bridgehead atoms. The zero-order valence-corrected chi connectivity index (χ0v) is 8.90. The number of hydrogen-bond acceptors (Lipinski definition) is 3. The lowest BCUT2D eigenvalue weighted by Gasteiger charge is -2.18. The van der Waals surface area contributed by atoms with Gasteiger partial charge in [0.2, 0.25) is 0 Å². The van der Waals surface area contributed by atoms with Gasteiger partial charge in [-0.25, -0.2) is 4.79 Å². The molecule has 0 fully saturated rings. The Morgan fingerprint density at radius 3 is 2.69 bits per heavy atom. The van der Waals surface area contributed by atoms with Gasteiger partial charge in [-0.05, 0) is 30.7 Å². The average molecular weight is 220 g/mol. The highest BCUT2D eigenvalue weighted by Crippen LogP contribution is 2.31. The summed E-state index contributed by atoms with van der Waals surface area (Å²) in [6, 6.07) is 5.37. The van der Waals surface area contributed by atoms with E-state index in [0.29, 0.717) is 24.7 Å². The summed E-state index contributed by atoms with van der Waals surface area (Å²) >= 11 is 0. The molecule has 1 heterocycles. The van der Waals surface area contributed by atoms with Crippen LogP contribution in [0, 0.1) is 0 Å². The van der Waals surface area contributed by atoms with Gasteiger partial charge in [0.25, 0.3) is 0 Å². The first-order valence-corrected chi connectivity index (χ1v) is 4.98. The van der Waals surface area contributed by atoms with Gasteiger partial charge < -0.3 is 14.6 Å². The number of carbonyl (C=O) groups is 1. The van der Waals surface area contributed by atoms with Crippen molar-refractivity contribution in [1.82, 2.24) is 0 Å². The third-order valence-electron chi connectivity index (χ3n) is 2.29. The summed E-state index contributed by atoms with van der Waals surface area (Å²) in [4.78, 5) is 10.7. The molecule has 1 aliphatic rings. The molecule has 0 radical (unpaired) electrons. The Morgan fingerprint density at radius 2 is 2.00 bits per heavy atom. The minimum atomic E-state index is -0.921. The number of fused-ring (bicyclic) bond motifs is 1. The van der Waals surface area contributed by atoms with E-state index in [1.807, 2.05) is 0 Å². The van der Waals surface area contributed by atoms with Crippen molar-refractivity contribution in [1.29, 1.82) is 0 Å². The predicted octanol–water partition coefficient (Wildman–Crippen LogP) is 1.95. The van der Waals surface area contributed by atoms with Gasteiger partial charge in [0.15, 0.2) is 11.5 Å². The lowest BCUT2D eigenvalue weighted by atomic mass is 10.1. The minimum Gasteiger partial charge on any atom is -0.486 e. The smallest absolute Gasteiger partial charge is 0.331 e. The lowest BCUT2D eigenvalue weighted by molar-refractivity contribution is -0.132. The molecule has 0 aliphatic carbocycles. The first-order chi connectivity index (χ1) is 7.66. The van der Waals surface area contributed by atoms with E-state index < -0.39 is 5.97 Å². The van der Waals surface area contributed by atoms with Crippen molar-refractivity contribution in [3.63, 3.8) is 0 Å². The predicted molar refractivity (Wildman–Crippen MR) is 58.7 cm³/mol. The molecule has 1 aromatic rings. The molecule has 0 aromatic heterocycles. The summed E-state index contributed by atoms with van der Waals surface area (Å²) < 4.78 is 10.8. The molecule has 2 rings (SSSR count). The third kappa shape index (κ3) is 2.16. The fourth-order valence-corrected chi connectivity index (χ4v) is 1.46. The number of carboxylic acid groups (broad SMARTS) is 1. The summed E-state index contributed by atoms with van der Waals surface area (Å²) in [6.07, 6.45) is 1.60. The Hall–Kier alpha value is -1.97. The summed E-state index contributed by atoms with van der Waals surface area (Å²) in [7, 11) is 0. The second-order valence-electron chi connectivity index (χ2n) is 3.54. The van der Waals surface area contributed by atoms with E-state index in [2.05, 4.69) is 0 Å². The molecule has 0 saturated heterocycles. The van der Waals surface area contributed by atoms with Gasteiger partial charge in [0.1, 0.15) is 13.2 Å². The molecule has 84 valence electrons. The van der Waals surface area contributed by atoms with Crippen molar-refractivity contribution < 1.29 is 19.4 Å². The van der Waals surface area contributed by atoms with Crippen molar-refractivity contribution in [3.8, 4) is 11.5 Å². The molecule has 0 unspecified atom stereocenters. The summed E-state index contributed by atoms with van der Waals surface area (Å²) in [6.45, 7) is 2.63. The SMILES string of the molecule is CC(=Cc1ccc2c(c1)OCCO2)C(=O)O. The zero-order chi connectivity index (χ0) is 11.5. The molecule has 4 nitrogen and oxygen atoms in total. The number of benzene rings is 1. The highest BCUT2D eigenvalue weighted by molar-refractivity contribution is 5.91. The lowest BCUT2D eigenvalue weighted by Crippen LogP contribution is -2.15. The van der Waals surface area contributed by atoms with Crippen LogP contribution in [0.4, 0.5) is 0 Å². The first-order valence-electron chi connectivity index (χ1n) is 4.98. The van der Waals surface area contributed by atoms with Crippen molar-refractivity contribution in [2.75, 3.05) is 13.2 Å². The molecule has 1 aromatic carbocycles. The highest BCUT2D eigenvalue weighted by atomic mass is 16.6. The fourth-order valence-electron chi connectivity index (χ4n) is 1.46. The van der Waals surface area contributed by atoms with Crippen LogP contribution < -0.4 is 9.47 Å². The second-order valence-corrected chi connectivity index (χ2v) is 3.54. The van der Waals surface area contributed by atoms with Crippen LogP contribution in [0.15, 0.2) is 23.8 Å². The molecule has 4 heteroatoms. The highest BCUT2D eigenvalue weighted by Gasteiger charge is 2.11. The van der Waals surface area contributed by atoms with E-state index in [9.17, 15) is 4.79 Å². The van der Waals surface area contributed by atoms with Gasteiger partial charge in [0, 0.05) is 5.57 Å². The van der Waals surface area contributed by atoms with Crippen LogP contribution in [0.5, 0.6) is 11.5 Å². The van der Waals surface area contributed by atoms with Crippen molar-refractivity contribution in [2.45, 2.75) is 6.92 Å². The maximum Gasteiger partial charge on any atom is 0.331 e. The van der Waals surface area contributed by atoms with E-state index in [1.54, 1.807) is 31.2 Å². The van der Waals surface area contributed by atoms with Crippen molar-refractivity contribution in [2.24, 2.45) is 0 Å². The van der Waals surface area contributed by atoms with Gasteiger partial charge in [-0.1, -0.05) is 6.07 Å². The van der Waals surface area contributed by atoms with E-state index in [-0.39, 0.29) is 5.57 Å². The Bertz CT molecular complexity index is 448. The maximum atomic E-state index is 10.7. The molecule has 0 amide bonds. The molecule has 0 atom stereocenters. The van der Waals surface area contributed by atoms with Crippen LogP contribution in [-0.4, -0.2) is 24.3 Å². The molecule has 0 spiro atoms. The molecule has 0 saturated carbocycles. The Balaban J connectivity index is 2.30. The average Bonchev–Trinajstić information content (AvgIpc) is 2.28. The van der Waals surface area contributed by atoms with E-state index in [0.717, 1.165) is 5.56 Å². The van der Waals surface area contributed by atoms with Gasteiger partial charge in [-0.15, -0.1) is 0 Å². The number of carboxylic acids is 1. The largest absolute Gasteiger partial charge is 0.486 e. The molecular weight excluding hydrogens is 208 g/mol. The van der Waals surface area contributed by atoms with Crippen LogP contribution in [0.3, 0.4) is 0 Å². The number of ether oxygens (including phenoxy) is 2. The van der Waals surface area contributed by atoms with Crippen LogP contribution in [0.2, 0.25) is 0 Å². The zero-order valence-electron chi connectivity index (χ0n) is 8.90. The Morgan fingerprint density at radius 1 is 1.31 bits per heavy atom. The third-order valence-corrected chi connectivity index (χ3v) is 2.29. The Kier molecular flexibility index (Phi) is 2.81. The molecule has 16 heavy (non-hydrogen) atoms. The molecular formula is C12H12O4. The van der Waals surface area contributed by atoms with Gasteiger partial charge in [0.05, 0.1) is 0 Å². The van der Waals surface area contributed by atoms with Gasteiger partial charge in [-0.2, -0.15) is 0 Å². The van der Waals surface area contributed by atoms with Gasteiger partial charge in [-0.3, -0.25) is 0 Å². The van der Waals surface area contributed by atoms with Crippen LogP contribution in [-0.2, 0) is 4.79 Å². The first kappa shape index (κ1) is 10.5. The monoisotopic (exact) mass is 220 g/mol. The second kappa shape index (κ2) is 4.26. The summed E-state index contributed by atoms with van der Waals surface area (Å²) in [5, 5.41) is 8.76. The molecule has 1 aliphatic heterocycles. The van der Waals surface area contributed by atoms with E-state index in [1.165, 1.54) is 0 Å². The van der Waals surface area contributed by atoms with Crippen LogP contribution in [0.1, 0.15) is 12.5 Å². The molecule has 1 N–H and O–H groups in total. The normalized spacial score (nSPS) is 14.7. The van der Waals surface area contributed by atoms with Crippen molar-refractivity contribution >= 4 is 12.0 Å². The van der Waals surface area contributed by atoms with Gasteiger partial charge >= 0.3 is 5.97 Å². The standard InChI is InChI=1S/C12H12O4/c1-8(12(13)14)6-9-2-3-10-11(7-9)16-5-4-15-10/h2-3,6-7H,4-5H2,1H3,(H,13,14). The number of rotatable bonds is 2. The van der Waals surface area contributed by atoms with Crippen molar-refractivity contribution in [3.05, 3.63) is 29.3 Å².